The van der Waals surface area contributed by atoms with Gasteiger partial charge in [0, 0.05) is 30.5 Å². The van der Waals surface area contributed by atoms with E-state index in [0.29, 0.717) is 0 Å². The van der Waals surface area contributed by atoms with Gasteiger partial charge >= 0.3 is 0 Å². The van der Waals surface area contributed by atoms with Gasteiger partial charge in [0.2, 0.25) is 5.95 Å². The fourth-order valence-electron chi connectivity index (χ4n) is 2.40. The molecule has 3 aromatic rings. The molecule has 0 radical (unpaired) electrons. The van der Waals surface area contributed by atoms with Crippen LogP contribution in [0, 0.1) is 6.92 Å². The Morgan fingerprint density at radius 1 is 1.25 bits per heavy atom. The van der Waals surface area contributed by atoms with Crippen molar-refractivity contribution >= 4 is 22.4 Å². The van der Waals surface area contributed by atoms with Gasteiger partial charge < -0.3 is 9.88 Å². The lowest BCUT2D eigenvalue weighted by molar-refractivity contribution is 0.686. The molecule has 102 valence electrons. The third kappa shape index (κ3) is 2.37. The second-order valence-corrected chi connectivity index (χ2v) is 4.93. The molecule has 0 fully saturated rings. The Morgan fingerprint density at radius 2 is 2.15 bits per heavy atom. The highest BCUT2D eigenvalue weighted by Gasteiger charge is 2.07. The monoisotopic (exact) mass is 266 g/mol. The molecule has 0 amide bonds. The number of nitrogens with zero attached hydrogens (tertiary/aromatic N) is 3. The van der Waals surface area contributed by atoms with Crippen molar-refractivity contribution in [1.29, 1.82) is 0 Å². The largest absolute Gasteiger partial charge is 0.325 e. The minimum Gasteiger partial charge on any atom is -0.325 e. The first kappa shape index (κ1) is 12.7. The molecule has 4 heteroatoms. The number of hydrogen-bond acceptors (Lipinski definition) is 3. The van der Waals surface area contributed by atoms with Crippen LogP contribution in [-0.4, -0.2) is 14.5 Å². The highest BCUT2D eigenvalue weighted by Crippen LogP contribution is 2.25. The smallest absolute Gasteiger partial charge is 0.207 e. The van der Waals surface area contributed by atoms with Gasteiger partial charge in [0.05, 0.1) is 11.4 Å². The van der Waals surface area contributed by atoms with Gasteiger partial charge in [0.25, 0.3) is 0 Å². The summed E-state index contributed by atoms with van der Waals surface area (Å²) in [7, 11) is 0. The van der Waals surface area contributed by atoms with E-state index >= 15 is 0 Å². The summed E-state index contributed by atoms with van der Waals surface area (Å²) in [5.74, 6) is 0.890. The SMILES string of the molecule is CCCn1cc(C)nc1Nc1cccc2ccncc12. The number of imidazole rings is 1. The Balaban J connectivity index is 2.01. The first-order chi connectivity index (χ1) is 9.78. The molecule has 1 N–H and O–H groups in total. The van der Waals surface area contributed by atoms with Crippen molar-refractivity contribution in [2.75, 3.05) is 5.32 Å². The van der Waals surface area contributed by atoms with Crippen LogP contribution in [0.15, 0.2) is 42.9 Å². The summed E-state index contributed by atoms with van der Waals surface area (Å²) in [6.45, 7) is 5.15. The van der Waals surface area contributed by atoms with E-state index in [2.05, 4.69) is 45.1 Å². The molecule has 0 bridgehead atoms. The lowest BCUT2D eigenvalue weighted by Gasteiger charge is -2.10. The molecule has 0 atom stereocenters. The van der Waals surface area contributed by atoms with Crippen LogP contribution in [0.1, 0.15) is 19.0 Å². The van der Waals surface area contributed by atoms with Crippen LogP contribution >= 0.6 is 0 Å². The average Bonchev–Trinajstić information content (AvgIpc) is 2.80. The number of nitrogens with one attached hydrogen (secondary N) is 1. The van der Waals surface area contributed by atoms with E-state index in [1.165, 1.54) is 5.39 Å². The van der Waals surface area contributed by atoms with E-state index < -0.39 is 0 Å². The van der Waals surface area contributed by atoms with Crippen molar-refractivity contribution in [3.05, 3.63) is 48.5 Å². The zero-order valence-corrected chi connectivity index (χ0v) is 11.8. The summed E-state index contributed by atoms with van der Waals surface area (Å²) in [4.78, 5) is 8.77. The summed E-state index contributed by atoms with van der Waals surface area (Å²) < 4.78 is 2.16. The van der Waals surface area contributed by atoms with E-state index in [4.69, 9.17) is 0 Å². The molecule has 1 aromatic carbocycles. The van der Waals surface area contributed by atoms with Gasteiger partial charge in [-0.1, -0.05) is 19.1 Å². The zero-order chi connectivity index (χ0) is 13.9. The van der Waals surface area contributed by atoms with E-state index in [0.717, 1.165) is 35.7 Å². The van der Waals surface area contributed by atoms with Gasteiger partial charge in [-0.3, -0.25) is 4.98 Å². The van der Waals surface area contributed by atoms with E-state index in [9.17, 15) is 0 Å². The number of hydrogen-bond donors (Lipinski definition) is 1. The summed E-state index contributed by atoms with van der Waals surface area (Å²) in [5.41, 5.74) is 2.07. The van der Waals surface area contributed by atoms with Gasteiger partial charge in [0.1, 0.15) is 0 Å². The van der Waals surface area contributed by atoms with Gasteiger partial charge in [-0.05, 0) is 30.9 Å². The number of aryl methyl sites for hydroxylation is 2. The van der Waals surface area contributed by atoms with Gasteiger partial charge in [-0.2, -0.15) is 0 Å². The zero-order valence-electron chi connectivity index (χ0n) is 11.8. The van der Waals surface area contributed by atoms with E-state index in [1.807, 2.05) is 31.5 Å². The number of fused-ring (bicyclic) bond motifs is 1. The van der Waals surface area contributed by atoms with E-state index in [1.54, 1.807) is 0 Å². The Kier molecular flexibility index (Phi) is 3.37. The standard InChI is InChI=1S/C16H18N4/c1-3-9-20-11-12(2)18-16(20)19-15-6-4-5-13-7-8-17-10-14(13)15/h4-8,10-11H,3,9H2,1-2H3,(H,18,19). The number of benzene rings is 1. The predicted molar refractivity (Wildman–Crippen MR) is 82.3 cm³/mol. The quantitative estimate of drug-likeness (QED) is 0.779. The molecule has 0 aliphatic rings. The third-order valence-corrected chi connectivity index (χ3v) is 3.29. The fraction of sp³-hybridized carbons (Fsp3) is 0.250. The summed E-state index contributed by atoms with van der Waals surface area (Å²) in [5, 5.41) is 5.72. The molecule has 0 spiro atoms. The number of anilines is 2. The minimum atomic E-state index is 0.890. The van der Waals surface area contributed by atoms with Gasteiger partial charge in [-0.15, -0.1) is 0 Å². The van der Waals surface area contributed by atoms with Crippen LogP contribution in [0.2, 0.25) is 0 Å². The van der Waals surface area contributed by atoms with Crippen molar-refractivity contribution < 1.29 is 0 Å². The maximum Gasteiger partial charge on any atom is 0.207 e. The molecule has 0 saturated heterocycles. The summed E-state index contributed by atoms with van der Waals surface area (Å²) >= 11 is 0. The Bertz CT molecular complexity index is 725. The van der Waals surface area contributed by atoms with Crippen molar-refractivity contribution in [1.82, 2.24) is 14.5 Å². The van der Waals surface area contributed by atoms with Crippen LogP contribution in [0.5, 0.6) is 0 Å². The van der Waals surface area contributed by atoms with Crippen LogP contribution < -0.4 is 5.32 Å². The second kappa shape index (κ2) is 5.33. The van der Waals surface area contributed by atoms with Crippen LogP contribution in [-0.2, 0) is 6.54 Å². The Hall–Kier alpha value is -2.36. The molecule has 20 heavy (non-hydrogen) atoms. The van der Waals surface area contributed by atoms with Crippen LogP contribution in [0.4, 0.5) is 11.6 Å². The molecular weight excluding hydrogens is 248 g/mol. The molecular formula is C16H18N4. The van der Waals surface area contributed by atoms with Crippen molar-refractivity contribution in [3.8, 4) is 0 Å². The first-order valence-corrected chi connectivity index (χ1v) is 6.91. The molecule has 2 aromatic heterocycles. The topological polar surface area (TPSA) is 42.7 Å². The molecule has 0 aliphatic heterocycles. The highest BCUT2D eigenvalue weighted by molar-refractivity contribution is 5.94. The molecule has 3 rings (SSSR count). The summed E-state index contributed by atoms with van der Waals surface area (Å²) in [6.07, 6.45) is 6.86. The van der Waals surface area contributed by atoms with Crippen molar-refractivity contribution in [2.24, 2.45) is 0 Å². The molecule has 0 unspecified atom stereocenters. The highest BCUT2D eigenvalue weighted by atomic mass is 15.2. The maximum absolute atomic E-state index is 4.56. The number of rotatable bonds is 4. The average molecular weight is 266 g/mol. The minimum absolute atomic E-state index is 0.890. The summed E-state index contributed by atoms with van der Waals surface area (Å²) in [6, 6.07) is 8.21. The van der Waals surface area contributed by atoms with E-state index in [-0.39, 0.29) is 0 Å². The molecule has 0 aliphatic carbocycles. The lowest BCUT2D eigenvalue weighted by Crippen LogP contribution is -2.03. The van der Waals surface area contributed by atoms with Gasteiger partial charge in [0.15, 0.2) is 0 Å². The number of aromatic nitrogens is 3. The van der Waals surface area contributed by atoms with Crippen LogP contribution in [0.25, 0.3) is 10.8 Å². The Morgan fingerprint density at radius 3 is 3.00 bits per heavy atom. The fourth-order valence-corrected chi connectivity index (χ4v) is 2.40. The third-order valence-electron chi connectivity index (χ3n) is 3.29. The predicted octanol–water partition coefficient (Wildman–Crippen LogP) is 3.89. The molecule has 4 nitrogen and oxygen atoms in total. The molecule has 0 saturated carbocycles. The first-order valence-electron chi connectivity index (χ1n) is 6.91. The second-order valence-electron chi connectivity index (χ2n) is 4.93. The maximum atomic E-state index is 4.56. The van der Waals surface area contributed by atoms with Crippen molar-refractivity contribution in [3.63, 3.8) is 0 Å². The number of pyridine rings is 1. The van der Waals surface area contributed by atoms with Gasteiger partial charge in [-0.25, -0.2) is 4.98 Å². The van der Waals surface area contributed by atoms with Crippen LogP contribution in [0.3, 0.4) is 0 Å². The normalized spacial score (nSPS) is 10.9. The lowest BCUT2D eigenvalue weighted by atomic mass is 10.1. The Labute approximate surface area is 118 Å². The van der Waals surface area contributed by atoms with Crippen molar-refractivity contribution in [2.45, 2.75) is 26.8 Å². The molecule has 2 heterocycles.